The smallest absolute Gasteiger partial charge is 0.332 e. The summed E-state index contributed by atoms with van der Waals surface area (Å²) < 4.78 is 9.71. The Hall–Kier alpha value is -3.10. The van der Waals surface area contributed by atoms with Gasteiger partial charge in [0.25, 0.3) is 5.56 Å². The molecule has 0 fully saturated rings. The van der Waals surface area contributed by atoms with E-state index in [1.54, 1.807) is 54.2 Å². The molecule has 4 aromatic rings. The summed E-state index contributed by atoms with van der Waals surface area (Å²) in [5.74, 6) is 0.299. The number of imidazole rings is 1. The molecular weight excluding hydrogens is 417 g/mol. The molecule has 4 rings (SSSR count). The average Bonchev–Trinajstić information content (AvgIpc) is 3.05. The van der Waals surface area contributed by atoms with Crippen LogP contribution in [0.3, 0.4) is 0 Å². The normalized spacial score (nSPS) is 11.2. The number of aromatic nitrogens is 5. The van der Waals surface area contributed by atoms with Gasteiger partial charge in [-0.05, 0) is 23.8 Å². The highest BCUT2D eigenvalue weighted by atomic mass is 35.5. The van der Waals surface area contributed by atoms with Gasteiger partial charge in [-0.15, -0.1) is 0 Å². The van der Waals surface area contributed by atoms with E-state index >= 15 is 0 Å². The lowest BCUT2D eigenvalue weighted by Gasteiger charge is -2.11. The topological polar surface area (TPSA) is 83.9 Å². The molecule has 0 atom stereocenters. The third-order valence-electron chi connectivity index (χ3n) is 4.49. The van der Waals surface area contributed by atoms with Crippen LogP contribution in [0.1, 0.15) is 5.56 Å². The number of ether oxygens (including phenoxy) is 1. The molecule has 1 aromatic carbocycles. The summed E-state index contributed by atoms with van der Waals surface area (Å²) in [4.78, 5) is 33.7. The van der Waals surface area contributed by atoms with Crippen molar-refractivity contribution in [2.24, 2.45) is 14.1 Å². The molecule has 0 amide bonds. The number of benzene rings is 1. The predicted octanol–water partition coefficient (Wildman–Crippen LogP) is 2.98. The minimum Gasteiger partial charge on any atom is -0.406 e. The van der Waals surface area contributed by atoms with E-state index in [9.17, 15) is 9.59 Å². The third-order valence-corrected chi connectivity index (χ3v) is 5.08. The van der Waals surface area contributed by atoms with Crippen LogP contribution >= 0.6 is 23.2 Å². The highest BCUT2D eigenvalue weighted by Crippen LogP contribution is 2.27. The van der Waals surface area contributed by atoms with Crippen molar-refractivity contribution in [3.63, 3.8) is 0 Å². The third kappa shape index (κ3) is 3.41. The second kappa shape index (κ2) is 7.38. The van der Waals surface area contributed by atoms with Crippen molar-refractivity contribution in [1.29, 1.82) is 0 Å². The lowest BCUT2D eigenvalue weighted by Crippen LogP contribution is -2.37. The van der Waals surface area contributed by atoms with Crippen molar-refractivity contribution in [2.45, 2.75) is 6.54 Å². The van der Waals surface area contributed by atoms with Crippen molar-refractivity contribution < 1.29 is 4.74 Å². The minimum atomic E-state index is -0.489. The van der Waals surface area contributed by atoms with E-state index in [0.717, 1.165) is 4.57 Å². The fourth-order valence-electron chi connectivity index (χ4n) is 2.97. The van der Waals surface area contributed by atoms with Crippen LogP contribution in [0.15, 0.2) is 52.2 Å². The molecule has 0 bridgehead atoms. The van der Waals surface area contributed by atoms with Crippen LogP contribution in [0, 0.1) is 0 Å². The molecule has 0 N–H and O–H groups in total. The van der Waals surface area contributed by atoms with Crippen LogP contribution in [-0.4, -0.2) is 23.7 Å². The Morgan fingerprint density at radius 1 is 1.07 bits per heavy atom. The molecule has 10 heteroatoms. The minimum absolute atomic E-state index is 0.114. The van der Waals surface area contributed by atoms with E-state index in [2.05, 4.69) is 9.97 Å². The highest BCUT2D eigenvalue weighted by Gasteiger charge is 2.21. The molecule has 3 heterocycles. The van der Waals surface area contributed by atoms with Crippen LogP contribution in [0.4, 0.5) is 0 Å². The fraction of sp³-hybridized carbons (Fsp3) is 0.158. The summed E-state index contributed by atoms with van der Waals surface area (Å²) in [6.45, 7) is 0.183. The van der Waals surface area contributed by atoms with Gasteiger partial charge in [0.15, 0.2) is 11.2 Å². The van der Waals surface area contributed by atoms with Crippen molar-refractivity contribution in [3.05, 3.63) is 79.0 Å². The summed E-state index contributed by atoms with van der Waals surface area (Å²) in [5, 5.41) is 0.933. The maximum absolute atomic E-state index is 12.9. The summed E-state index contributed by atoms with van der Waals surface area (Å²) >= 11 is 12.3. The first-order valence-corrected chi connectivity index (χ1v) is 9.31. The molecule has 0 spiro atoms. The van der Waals surface area contributed by atoms with Gasteiger partial charge in [-0.1, -0.05) is 35.3 Å². The largest absolute Gasteiger partial charge is 0.406 e. The van der Waals surface area contributed by atoms with E-state index < -0.39 is 11.2 Å². The van der Waals surface area contributed by atoms with Gasteiger partial charge in [-0.25, -0.2) is 9.78 Å². The van der Waals surface area contributed by atoms with Crippen LogP contribution in [0.5, 0.6) is 11.9 Å². The second-order valence-electron chi connectivity index (χ2n) is 6.36. The van der Waals surface area contributed by atoms with E-state index in [4.69, 9.17) is 27.9 Å². The van der Waals surface area contributed by atoms with Gasteiger partial charge in [-0.3, -0.25) is 18.5 Å². The Labute approximate surface area is 174 Å². The van der Waals surface area contributed by atoms with Crippen LogP contribution < -0.4 is 16.0 Å². The molecule has 0 aliphatic rings. The van der Waals surface area contributed by atoms with Gasteiger partial charge in [0.1, 0.15) is 0 Å². The predicted molar refractivity (Wildman–Crippen MR) is 110 cm³/mol. The zero-order chi connectivity index (χ0) is 20.7. The molecular formula is C19H15Cl2N5O3. The van der Waals surface area contributed by atoms with Crippen LogP contribution in [0.2, 0.25) is 10.0 Å². The highest BCUT2D eigenvalue weighted by molar-refractivity contribution is 6.35. The first kappa shape index (κ1) is 19.2. The summed E-state index contributed by atoms with van der Waals surface area (Å²) in [7, 11) is 2.96. The number of rotatable bonds is 4. The van der Waals surface area contributed by atoms with E-state index in [0.29, 0.717) is 21.5 Å². The van der Waals surface area contributed by atoms with Crippen molar-refractivity contribution in [2.75, 3.05) is 0 Å². The number of aryl methyl sites for hydroxylation is 1. The SMILES string of the molecule is Cn1c(=O)c2c(nc(Oc3ccccn3)n2Cc2ccc(Cl)cc2Cl)n(C)c1=O. The molecule has 0 radical (unpaired) electrons. The van der Waals surface area contributed by atoms with Gasteiger partial charge < -0.3 is 4.74 Å². The quantitative estimate of drug-likeness (QED) is 0.495. The first-order valence-electron chi connectivity index (χ1n) is 8.56. The average molecular weight is 432 g/mol. The molecule has 0 unspecified atom stereocenters. The van der Waals surface area contributed by atoms with Crippen molar-refractivity contribution in [3.8, 4) is 11.9 Å². The van der Waals surface area contributed by atoms with Gasteiger partial charge in [0.05, 0.1) is 6.54 Å². The Kier molecular flexibility index (Phi) is 4.89. The van der Waals surface area contributed by atoms with Gasteiger partial charge in [-0.2, -0.15) is 4.98 Å². The van der Waals surface area contributed by atoms with Gasteiger partial charge in [0, 0.05) is 36.4 Å². The summed E-state index contributed by atoms with van der Waals surface area (Å²) in [6.07, 6.45) is 1.58. The maximum Gasteiger partial charge on any atom is 0.332 e. The van der Waals surface area contributed by atoms with Crippen LogP contribution in [-0.2, 0) is 20.6 Å². The Bertz CT molecular complexity index is 1340. The Morgan fingerprint density at radius 3 is 2.55 bits per heavy atom. The molecule has 29 heavy (non-hydrogen) atoms. The van der Waals surface area contributed by atoms with E-state index in [1.165, 1.54) is 11.6 Å². The lowest BCUT2D eigenvalue weighted by atomic mass is 10.2. The van der Waals surface area contributed by atoms with Gasteiger partial charge in [0.2, 0.25) is 5.88 Å². The summed E-state index contributed by atoms with van der Waals surface area (Å²) in [5.41, 5.74) is 0.149. The zero-order valence-electron chi connectivity index (χ0n) is 15.5. The van der Waals surface area contributed by atoms with E-state index in [1.807, 2.05) is 0 Å². The van der Waals surface area contributed by atoms with Crippen molar-refractivity contribution in [1.82, 2.24) is 23.7 Å². The number of halogens is 2. The Balaban J connectivity index is 1.97. The zero-order valence-corrected chi connectivity index (χ0v) is 17.0. The molecule has 0 saturated carbocycles. The van der Waals surface area contributed by atoms with Gasteiger partial charge >= 0.3 is 11.7 Å². The Morgan fingerprint density at radius 2 is 1.86 bits per heavy atom. The number of hydrogen-bond acceptors (Lipinski definition) is 5. The number of pyridine rings is 1. The molecule has 3 aromatic heterocycles. The molecule has 0 aliphatic carbocycles. The first-order chi connectivity index (χ1) is 13.9. The number of nitrogens with zero attached hydrogens (tertiary/aromatic N) is 5. The molecule has 148 valence electrons. The molecule has 8 nitrogen and oxygen atoms in total. The summed E-state index contributed by atoms with van der Waals surface area (Å²) in [6, 6.07) is 10.4. The molecule has 0 aliphatic heterocycles. The molecule has 0 saturated heterocycles. The monoisotopic (exact) mass is 431 g/mol. The van der Waals surface area contributed by atoms with E-state index in [-0.39, 0.29) is 23.7 Å². The fourth-order valence-corrected chi connectivity index (χ4v) is 3.44. The van der Waals surface area contributed by atoms with Crippen LogP contribution in [0.25, 0.3) is 11.2 Å². The number of hydrogen-bond donors (Lipinski definition) is 0. The maximum atomic E-state index is 12.9. The lowest BCUT2D eigenvalue weighted by molar-refractivity contribution is 0.406. The number of fused-ring (bicyclic) bond motifs is 1. The van der Waals surface area contributed by atoms with Crippen molar-refractivity contribution >= 4 is 34.4 Å². The standard InChI is InChI=1S/C19H15Cl2N5O3/c1-24-16-15(17(27)25(2)19(24)28)26(10-11-6-7-12(20)9-13(11)21)18(23-16)29-14-5-3-4-8-22-14/h3-9H,10H2,1-2H3. The second-order valence-corrected chi connectivity index (χ2v) is 7.21.